The molecule has 0 amide bonds. The van der Waals surface area contributed by atoms with E-state index in [2.05, 4.69) is 0 Å². The van der Waals surface area contributed by atoms with Crippen molar-refractivity contribution in [1.29, 1.82) is 0 Å². The molecule has 0 saturated carbocycles. The summed E-state index contributed by atoms with van der Waals surface area (Å²) in [5.74, 6) is 0.0862. The zero-order valence-electron chi connectivity index (χ0n) is 6.91. The maximum Gasteiger partial charge on any atom is 0.196 e. The van der Waals surface area contributed by atoms with Crippen LogP contribution in [0.25, 0.3) is 0 Å². The van der Waals surface area contributed by atoms with Crippen molar-refractivity contribution in [1.82, 2.24) is 0 Å². The van der Waals surface area contributed by atoms with Crippen LogP contribution in [0.5, 0.6) is 0 Å². The number of benzene rings is 1. The van der Waals surface area contributed by atoms with Gasteiger partial charge in [0.2, 0.25) is 0 Å². The lowest BCUT2D eigenvalue weighted by molar-refractivity contribution is 0.0888. The normalized spacial score (nSPS) is 26.8. The SMILES string of the molecule is C[C@@]1(C(=O)c2ccccc2)CO1. The van der Waals surface area contributed by atoms with Crippen LogP contribution in [-0.2, 0) is 4.74 Å². The molecule has 1 aliphatic rings. The number of rotatable bonds is 2. The lowest BCUT2D eigenvalue weighted by Crippen LogP contribution is -2.20. The topological polar surface area (TPSA) is 29.6 Å². The van der Waals surface area contributed by atoms with Crippen molar-refractivity contribution in [3.05, 3.63) is 35.9 Å². The van der Waals surface area contributed by atoms with Crippen LogP contribution in [0.4, 0.5) is 0 Å². The summed E-state index contributed by atoms with van der Waals surface area (Å²) in [6, 6.07) is 9.25. The molecule has 0 bridgehead atoms. The Labute approximate surface area is 71.2 Å². The third-order valence-corrected chi connectivity index (χ3v) is 2.09. The van der Waals surface area contributed by atoms with Gasteiger partial charge in [-0.2, -0.15) is 0 Å². The van der Waals surface area contributed by atoms with Gasteiger partial charge in [-0.15, -0.1) is 0 Å². The third-order valence-electron chi connectivity index (χ3n) is 2.09. The predicted molar refractivity (Wildman–Crippen MR) is 45.1 cm³/mol. The molecule has 1 atom stereocenters. The third kappa shape index (κ3) is 1.14. The molecule has 1 aromatic rings. The molecule has 2 rings (SSSR count). The molecule has 1 saturated heterocycles. The van der Waals surface area contributed by atoms with Gasteiger partial charge in [-0.1, -0.05) is 30.3 Å². The Morgan fingerprint density at radius 3 is 2.50 bits per heavy atom. The summed E-state index contributed by atoms with van der Waals surface area (Å²) in [7, 11) is 0. The van der Waals surface area contributed by atoms with E-state index in [0.717, 1.165) is 5.56 Å². The number of hydrogen-bond donors (Lipinski definition) is 0. The molecule has 1 aliphatic heterocycles. The summed E-state index contributed by atoms with van der Waals surface area (Å²) in [6.45, 7) is 2.38. The van der Waals surface area contributed by atoms with Gasteiger partial charge >= 0.3 is 0 Å². The van der Waals surface area contributed by atoms with Crippen LogP contribution in [0.3, 0.4) is 0 Å². The molecule has 0 N–H and O–H groups in total. The molecule has 1 fully saturated rings. The fourth-order valence-electron chi connectivity index (χ4n) is 1.13. The summed E-state index contributed by atoms with van der Waals surface area (Å²) in [5, 5.41) is 0. The second kappa shape index (κ2) is 2.42. The molecular formula is C10H10O2. The summed E-state index contributed by atoms with van der Waals surface area (Å²) in [6.07, 6.45) is 0. The van der Waals surface area contributed by atoms with Gasteiger partial charge in [-0.25, -0.2) is 0 Å². The van der Waals surface area contributed by atoms with Gasteiger partial charge < -0.3 is 4.74 Å². The van der Waals surface area contributed by atoms with Gasteiger partial charge in [-0.05, 0) is 6.92 Å². The van der Waals surface area contributed by atoms with Crippen LogP contribution in [0, 0.1) is 0 Å². The number of carbonyl (C=O) groups is 1. The van der Waals surface area contributed by atoms with E-state index in [1.165, 1.54) is 0 Å². The van der Waals surface area contributed by atoms with Gasteiger partial charge in [0.15, 0.2) is 11.4 Å². The van der Waals surface area contributed by atoms with E-state index in [-0.39, 0.29) is 5.78 Å². The van der Waals surface area contributed by atoms with Crippen LogP contribution >= 0.6 is 0 Å². The molecule has 0 aliphatic carbocycles. The highest BCUT2D eigenvalue weighted by molar-refractivity contribution is 6.03. The maximum atomic E-state index is 11.6. The van der Waals surface area contributed by atoms with Crippen molar-refractivity contribution in [2.24, 2.45) is 0 Å². The Balaban J connectivity index is 2.26. The van der Waals surface area contributed by atoms with Crippen molar-refractivity contribution < 1.29 is 9.53 Å². The average Bonchev–Trinajstić information content (AvgIpc) is 2.85. The lowest BCUT2D eigenvalue weighted by Gasteiger charge is -2.02. The van der Waals surface area contributed by atoms with Crippen molar-refractivity contribution in [2.75, 3.05) is 6.61 Å². The molecule has 0 unspecified atom stereocenters. The van der Waals surface area contributed by atoms with Crippen molar-refractivity contribution >= 4 is 5.78 Å². The monoisotopic (exact) mass is 162 g/mol. The summed E-state index contributed by atoms with van der Waals surface area (Å²) in [5.41, 5.74) is 0.207. The number of ether oxygens (including phenoxy) is 1. The summed E-state index contributed by atoms with van der Waals surface area (Å²) >= 11 is 0. The Morgan fingerprint density at radius 1 is 1.42 bits per heavy atom. The van der Waals surface area contributed by atoms with Crippen molar-refractivity contribution in [3.63, 3.8) is 0 Å². The Bertz CT molecular complexity index is 299. The van der Waals surface area contributed by atoms with Crippen LogP contribution < -0.4 is 0 Å². The maximum absolute atomic E-state index is 11.6. The van der Waals surface area contributed by atoms with E-state index < -0.39 is 5.60 Å². The molecule has 0 aromatic heterocycles. The van der Waals surface area contributed by atoms with Gasteiger partial charge in [-0.3, -0.25) is 4.79 Å². The van der Waals surface area contributed by atoms with Crippen LogP contribution in [0.15, 0.2) is 30.3 Å². The molecule has 0 radical (unpaired) electrons. The quantitative estimate of drug-likeness (QED) is 0.489. The van der Waals surface area contributed by atoms with Crippen LogP contribution in [0.1, 0.15) is 17.3 Å². The predicted octanol–water partition coefficient (Wildman–Crippen LogP) is 1.66. The fourth-order valence-corrected chi connectivity index (χ4v) is 1.13. The largest absolute Gasteiger partial charge is 0.361 e. The molecule has 1 heterocycles. The van der Waals surface area contributed by atoms with E-state index in [4.69, 9.17) is 4.74 Å². The Morgan fingerprint density at radius 2 is 2.00 bits per heavy atom. The van der Waals surface area contributed by atoms with Crippen molar-refractivity contribution in [3.8, 4) is 0 Å². The second-order valence-corrected chi connectivity index (χ2v) is 3.21. The molecule has 2 nitrogen and oxygen atoms in total. The van der Waals surface area contributed by atoms with Gasteiger partial charge in [0, 0.05) is 5.56 Å². The Kier molecular flexibility index (Phi) is 1.51. The van der Waals surface area contributed by atoms with Crippen molar-refractivity contribution in [2.45, 2.75) is 12.5 Å². The molecule has 0 spiro atoms. The zero-order valence-corrected chi connectivity index (χ0v) is 6.91. The number of epoxide rings is 1. The van der Waals surface area contributed by atoms with E-state index in [1.807, 2.05) is 37.3 Å². The minimum Gasteiger partial charge on any atom is -0.361 e. The van der Waals surface area contributed by atoms with E-state index in [9.17, 15) is 4.79 Å². The number of carbonyl (C=O) groups excluding carboxylic acids is 1. The molecule has 1 aromatic carbocycles. The first kappa shape index (κ1) is 7.50. The average molecular weight is 162 g/mol. The standard InChI is InChI=1S/C10H10O2/c1-10(7-12-10)9(11)8-5-3-2-4-6-8/h2-6H,7H2,1H3/t10-/m0/s1. The van der Waals surface area contributed by atoms with Gasteiger partial charge in [0.1, 0.15) is 0 Å². The first-order valence-electron chi connectivity index (χ1n) is 3.96. The van der Waals surface area contributed by atoms with Crippen LogP contribution in [-0.4, -0.2) is 18.0 Å². The van der Waals surface area contributed by atoms with Crippen LogP contribution in [0.2, 0.25) is 0 Å². The van der Waals surface area contributed by atoms with E-state index in [0.29, 0.717) is 6.61 Å². The highest BCUT2D eigenvalue weighted by atomic mass is 16.6. The number of ketones is 1. The fraction of sp³-hybridized carbons (Fsp3) is 0.300. The minimum atomic E-state index is -0.526. The molecule has 12 heavy (non-hydrogen) atoms. The molecule has 62 valence electrons. The van der Waals surface area contributed by atoms with E-state index in [1.54, 1.807) is 0 Å². The lowest BCUT2D eigenvalue weighted by atomic mass is 10.0. The smallest absolute Gasteiger partial charge is 0.196 e. The molecule has 2 heteroatoms. The first-order valence-corrected chi connectivity index (χ1v) is 3.96. The second-order valence-electron chi connectivity index (χ2n) is 3.21. The number of Topliss-reactive ketones (excluding diaryl/α,β-unsaturated/α-hetero) is 1. The zero-order chi connectivity index (χ0) is 8.60. The Hall–Kier alpha value is -1.15. The van der Waals surface area contributed by atoms with Gasteiger partial charge in [0.05, 0.1) is 6.61 Å². The minimum absolute atomic E-state index is 0.0862. The summed E-state index contributed by atoms with van der Waals surface area (Å²) in [4.78, 5) is 11.6. The summed E-state index contributed by atoms with van der Waals surface area (Å²) < 4.78 is 5.06. The van der Waals surface area contributed by atoms with E-state index >= 15 is 0 Å². The number of hydrogen-bond acceptors (Lipinski definition) is 2. The highest BCUT2D eigenvalue weighted by Crippen LogP contribution is 2.29. The molecular weight excluding hydrogens is 152 g/mol. The van der Waals surface area contributed by atoms with Gasteiger partial charge in [0.25, 0.3) is 0 Å². The highest BCUT2D eigenvalue weighted by Gasteiger charge is 2.47. The first-order chi connectivity index (χ1) is 5.72.